The minimum absolute atomic E-state index is 0.136. The third-order valence-electron chi connectivity index (χ3n) is 2.75. The molecule has 0 atom stereocenters. The van der Waals surface area contributed by atoms with Crippen molar-refractivity contribution in [3.63, 3.8) is 0 Å². The number of nitrogens with one attached hydrogen (secondary N) is 1. The fraction of sp³-hybridized carbons (Fsp3) is 0.143. The molecule has 106 valence electrons. The zero-order valence-corrected chi connectivity index (χ0v) is 13.5. The lowest BCUT2D eigenvalue weighted by molar-refractivity contribution is 0.601. The minimum Gasteiger partial charge on any atom is -0.398 e. The van der Waals surface area contributed by atoms with Crippen LogP contribution in [0.3, 0.4) is 0 Å². The van der Waals surface area contributed by atoms with E-state index in [-0.39, 0.29) is 4.90 Å². The molecule has 2 aromatic carbocycles. The highest BCUT2D eigenvalue weighted by atomic mass is 79.9. The first-order valence-electron chi connectivity index (χ1n) is 5.94. The molecule has 0 aliphatic carbocycles. The Kier molecular flexibility index (Phi) is 4.06. The maximum absolute atomic E-state index is 12.3. The van der Waals surface area contributed by atoms with Gasteiger partial charge in [-0.05, 0) is 71.2 Å². The van der Waals surface area contributed by atoms with Crippen LogP contribution < -0.4 is 10.5 Å². The third-order valence-corrected chi connectivity index (χ3v) is 4.85. The van der Waals surface area contributed by atoms with E-state index in [1.807, 2.05) is 19.9 Å². The summed E-state index contributed by atoms with van der Waals surface area (Å²) in [4.78, 5) is 0.136. The van der Waals surface area contributed by atoms with Crippen LogP contribution in [0.25, 0.3) is 0 Å². The maximum Gasteiger partial charge on any atom is 0.261 e. The van der Waals surface area contributed by atoms with Crippen LogP contribution in [0.1, 0.15) is 11.1 Å². The van der Waals surface area contributed by atoms with Crippen molar-refractivity contribution in [2.45, 2.75) is 18.7 Å². The molecule has 6 heteroatoms. The molecule has 0 heterocycles. The Hall–Kier alpha value is -1.53. The fourth-order valence-electron chi connectivity index (χ4n) is 1.94. The number of rotatable bonds is 3. The number of hydrogen-bond acceptors (Lipinski definition) is 3. The van der Waals surface area contributed by atoms with E-state index in [2.05, 4.69) is 20.7 Å². The topological polar surface area (TPSA) is 72.2 Å². The lowest BCUT2D eigenvalue weighted by Gasteiger charge is -2.10. The first kappa shape index (κ1) is 14.9. The van der Waals surface area contributed by atoms with E-state index in [1.54, 1.807) is 18.2 Å². The summed E-state index contributed by atoms with van der Waals surface area (Å²) in [5, 5.41) is 0. The van der Waals surface area contributed by atoms with E-state index < -0.39 is 10.0 Å². The van der Waals surface area contributed by atoms with E-state index in [0.29, 0.717) is 15.8 Å². The summed E-state index contributed by atoms with van der Waals surface area (Å²) in [6.45, 7) is 3.84. The molecule has 0 spiro atoms. The van der Waals surface area contributed by atoms with Gasteiger partial charge in [0.2, 0.25) is 0 Å². The molecule has 0 aliphatic heterocycles. The monoisotopic (exact) mass is 354 g/mol. The first-order chi connectivity index (χ1) is 9.28. The molecule has 2 rings (SSSR count). The minimum atomic E-state index is -3.64. The third kappa shape index (κ3) is 3.32. The van der Waals surface area contributed by atoms with Gasteiger partial charge in [-0.25, -0.2) is 8.42 Å². The highest BCUT2D eigenvalue weighted by Crippen LogP contribution is 2.24. The molecular formula is C14H15BrN2O2S. The number of hydrogen-bond donors (Lipinski definition) is 2. The van der Waals surface area contributed by atoms with Crippen LogP contribution in [0.5, 0.6) is 0 Å². The van der Waals surface area contributed by atoms with Gasteiger partial charge in [-0.1, -0.05) is 6.07 Å². The second-order valence-corrected chi connectivity index (χ2v) is 7.20. The molecule has 2 aromatic rings. The van der Waals surface area contributed by atoms with Gasteiger partial charge in [0.05, 0.1) is 4.90 Å². The van der Waals surface area contributed by atoms with Crippen LogP contribution in [-0.4, -0.2) is 8.42 Å². The molecule has 4 nitrogen and oxygen atoms in total. The van der Waals surface area contributed by atoms with Gasteiger partial charge in [0.15, 0.2) is 0 Å². The summed E-state index contributed by atoms with van der Waals surface area (Å²) < 4.78 is 27.8. The first-order valence-corrected chi connectivity index (χ1v) is 8.22. The SMILES string of the molecule is Cc1cc(C)cc(NS(=O)(=O)c2ccc(Br)c(N)c2)c1. The lowest BCUT2D eigenvalue weighted by Crippen LogP contribution is -2.13. The highest BCUT2D eigenvalue weighted by Gasteiger charge is 2.15. The maximum atomic E-state index is 12.3. The molecule has 20 heavy (non-hydrogen) atoms. The Balaban J connectivity index is 2.37. The van der Waals surface area contributed by atoms with Crippen LogP contribution in [0, 0.1) is 13.8 Å². The van der Waals surface area contributed by atoms with Crippen molar-refractivity contribution < 1.29 is 8.42 Å². The van der Waals surface area contributed by atoms with Crippen LogP contribution >= 0.6 is 15.9 Å². The van der Waals surface area contributed by atoms with Gasteiger partial charge in [0.1, 0.15) is 0 Å². The van der Waals surface area contributed by atoms with Crippen LogP contribution in [0.4, 0.5) is 11.4 Å². The number of halogens is 1. The molecule has 3 N–H and O–H groups in total. The normalized spacial score (nSPS) is 11.3. The predicted molar refractivity (Wildman–Crippen MR) is 85.3 cm³/mol. The van der Waals surface area contributed by atoms with E-state index in [0.717, 1.165) is 11.1 Å². The molecule has 0 aliphatic rings. The summed E-state index contributed by atoms with van der Waals surface area (Å²) in [5.74, 6) is 0. The van der Waals surface area contributed by atoms with Gasteiger partial charge in [-0.2, -0.15) is 0 Å². The van der Waals surface area contributed by atoms with Crippen LogP contribution in [0.15, 0.2) is 45.8 Å². The van der Waals surface area contributed by atoms with Crippen molar-refractivity contribution in [3.05, 3.63) is 52.0 Å². The predicted octanol–water partition coefficient (Wildman–Crippen LogP) is 3.45. The Morgan fingerprint density at radius 2 is 1.65 bits per heavy atom. The van der Waals surface area contributed by atoms with Crippen molar-refractivity contribution in [3.8, 4) is 0 Å². The number of benzene rings is 2. The van der Waals surface area contributed by atoms with E-state index >= 15 is 0 Å². The van der Waals surface area contributed by atoms with Gasteiger partial charge in [-0.3, -0.25) is 4.72 Å². The van der Waals surface area contributed by atoms with Crippen molar-refractivity contribution in [1.29, 1.82) is 0 Å². The van der Waals surface area contributed by atoms with Crippen molar-refractivity contribution in [2.24, 2.45) is 0 Å². The molecule has 0 radical (unpaired) electrons. The van der Waals surface area contributed by atoms with Gasteiger partial charge in [0.25, 0.3) is 10.0 Å². The zero-order valence-electron chi connectivity index (χ0n) is 11.1. The van der Waals surface area contributed by atoms with E-state index in [1.165, 1.54) is 12.1 Å². The molecule has 0 saturated carbocycles. The number of aryl methyl sites for hydroxylation is 2. The number of anilines is 2. The summed E-state index contributed by atoms with van der Waals surface area (Å²) >= 11 is 3.24. The molecule has 0 fully saturated rings. The summed E-state index contributed by atoms with van der Waals surface area (Å²) in [7, 11) is -3.64. The molecule has 0 unspecified atom stereocenters. The Bertz CT molecular complexity index is 738. The summed E-state index contributed by atoms with van der Waals surface area (Å²) in [5.41, 5.74) is 8.64. The van der Waals surface area contributed by atoms with Gasteiger partial charge in [-0.15, -0.1) is 0 Å². The van der Waals surface area contributed by atoms with Gasteiger partial charge in [0, 0.05) is 15.8 Å². The molecular weight excluding hydrogens is 340 g/mol. The van der Waals surface area contributed by atoms with Crippen LogP contribution in [0.2, 0.25) is 0 Å². The lowest BCUT2D eigenvalue weighted by atomic mass is 10.1. The van der Waals surface area contributed by atoms with Gasteiger partial charge < -0.3 is 5.73 Å². The number of sulfonamides is 1. The van der Waals surface area contributed by atoms with E-state index in [4.69, 9.17) is 5.73 Å². The Labute approximate surface area is 127 Å². The van der Waals surface area contributed by atoms with Crippen LogP contribution in [-0.2, 0) is 10.0 Å². The number of nitrogens with two attached hydrogens (primary N) is 1. The summed E-state index contributed by atoms with van der Waals surface area (Å²) in [6.07, 6.45) is 0. The van der Waals surface area contributed by atoms with Crippen molar-refractivity contribution in [2.75, 3.05) is 10.5 Å². The molecule has 0 amide bonds. The second kappa shape index (κ2) is 5.46. The quantitative estimate of drug-likeness (QED) is 0.829. The fourth-order valence-corrected chi connectivity index (χ4v) is 3.26. The number of nitrogen functional groups attached to an aromatic ring is 1. The smallest absolute Gasteiger partial charge is 0.261 e. The Morgan fingerprint density at radius 3 is 2.20 bits per heavy atom. The standard InChI is InChI=1S/C14H15BrN2O2S/c1-9-5-10(2)7-11(6-9)17-20(18,19)12-3-4-13(15)14(16)8-12/h3-8,17H,16H2,1-2H3. The molecule has 0 aromatic heterocycles. The van der Waals surface area contributed by atoms with E-state index in [9.17, 15) is 8.42 Å². The average molecular weight is 355 g/mol. The zero-order chi connectivity index (χ0) is 14.9. The second-order valence-electron chi connectivity index (χ2n) is 4.67. The largest absolute Gasteiger partial charge is 0.398 e. The summed E-state index contributed by atoms with van der Waals surface area (Å²) in [6, 6.07) is 10.1. The average Bonchev–Trinajstić information content (AvgIpc) is 2.30. The highest BCUT2D eigenvalue weighted by molar-refractivity contribution is 9.10. The molecule has 0 bridgehead atoms. The van der Waals surface area contributed by atoms with Crippen molar-refractivity contribution in [1.82, 2.24) is 0 Å². The van der Waals surface area contributed by atoms with Gasteiger partial charge >= 0.3 is 0 Å². The Morgan fingerprint density at radius 1 is 1.05 bits per heavy atom. The molecule has 0 saturated heterocycles. The van der Waals surface area contributed by atoms with Crippen molar-refractivity contribution >= 4 is 37.3 Å².